The Hall–Kier alpha value is -0.130. The molecule has 1 aliphatic carbocycles. The van der Waals surface area contributed by atoms with E-state index < -0.39 is 0 Å². The zero-order chi connectivity index (χ0) is 12.4. The lowest BCUT2D eigenvalue weighted by atomic mass is 10.1. The Bertz CT molecular complexity index is 365. The first-order valence-electron chi connectivity index (χ1n) is 6.01. The van der Waals surface area contributed by atoms with Gasteiger partial charge in [0.25, 0.3) is 0 Å². The summed E-state index contributed by atoms with van der Waals surface area (Å²) in [5.41, 5.74) is 6.11. The summed E-state index contributed by atoms with van der Waals surface area (Å²) < 4.78 is 0.797. The summed E-state index contributed by atoms with van der Waals surface area (Å²) in [6.45, 7) is 2.89. The van der Waals surface area contributed by atoms with Gasteiger partial charge in [-0.1, -0.05) is 11.6 Å². The second-order valence-corrected chi connectivity index (χ2v) is 6.39. The Balaban J connectivity index is 2.20. The van der Waals surface area contributed by atoms with Gasteiger partial charge in [-0.2, -0.15) is 0 Å². The van der Waals surface area contributed by atoms with Crippen LogP contribution < -0.4 is 5.73 Å². The summed E-state index contributed by atoms with van der Waals surface area (Å²) in [6, 6.07) is 4.76. The maximum absolute atomic E-state index is 9.19. The minimum atomic E-state index is 0.0388. The quantitative estimate of drug-likeness (QED) is 0.837. The van der Waals surface area contributed by atoms with Crippen molar-refractivity contribution in [3.05, 3.63) is 21.3 Å². The molecule has 0 radical (unpaired) electrons. The Morgan fingerprint density at radius 3 is 2.71 bits per heavy atom. The van der Waals surface area contributed by atoms with E-state index in [9.17, 15) is 5.11 Å². The molecule has 17 heavy (non-hydrogen) atoms. The highest BCUT2D eigenvalue weighted by Crippen LogP contribution is 2.38. The molecule has 1 heterocycles. The molecular weight excluding hydrogens is 256 g/mol. The molecule has 2 atom stereocenters. The standard InChI is InChI=1S/C12H19ClN2OS/c1-8(14)12(10-4-5-11(13)17-10)15(6-7-16)9-2-3-9/h4-5,8-9,12,16H,2-3,6-7,14H2,1H3. The van der Waals surface area contributed by atoms with Crippen molar-refractivity contribution in [1.29, 1.82) is 0 Å². The van der Waals surface area contributed by atoms with Crippen LogP contribution in [0.4, 0.5) is 0 Å². The molecule has 1 aromatic heterocycles. The summed E-state index contributed by atoms with van der Waals surface area (Å²) in [6.07, 6.45) is 2.42. The highest BCUT2D eigenvalue weighted by molar-refractivity contribution is 7.16. The first kappa shape index (κ1) is 13.3. The van der Waals surface area contributed by atoms with Gasteiger partial charge in [0.1, 0.15) is 0 Å². The van der Waals surface area contributed by atoms with Crippen LogP contribution in [0.3, 0.4) is 0 Å². The second-order valence-electron chi connectivity index (χ2n) is 4.64. The van der Waals surface area contributed by atoms with E-state index in [-0.39, 0.29) is 18.7 Å². The van der Waals surface area contributed by atoms with Crippen molar-refractivity contribution in [2.45, 2.75) is 37.9 Å². The molecule has 0 aromatic carbocycles. The molecule has 96 valence electrons. The maximum Gasteiger partial charge on any atom is 0.0931 e. The number of hydrogen-bond acceptors (Lipinski definition) is 4. The van der Waals surface area contributed by atoms with Gasteiger partial charge in [0.15, 0.2) is 0 Å². The van der Waals surface area contributed by atoms with Crippen molar-refractivity contribution in [2.24, 2.45) is 5.73 Å². The fourth-order valence-electron chi connectivity index (χ4n) is 2.28. The van der Waals surface area contributed by atoms with E-state index in [4.69, 9.17) is 17.3 Å². The van der Waals surface area contributed by atoms with Crippen molar-refractivity contribution >= 4 is 22.9 Å². The van der Waals surface area contributed by atoms with Crippen LogP contribution in [0.5, 0.6) is 0 Å². The van der Waals surface area contributed by atoms with Crippen molar-refractivity contribution in [3.8, 4) is 0 Å². The van der Waals surface area contributed by atoms with Crippen LogP contribution in [0.25, 0.3) is 0 Å². The molecule has 0 bridgehead atoms. The summed E-state index contributed by atoms with van der Waals surface area (Å²) in [5, 5.41) is 9.19. The zero-order valence-electron chi connectivity index (χ0n) is 9.97. The molecule has 2 rings (SSSR count). The predicted molar refractivity (Wildman–Crippen MR) is 72.5 cm³/mol. The van der Waals surface area contributed by atoms with Gasteiger partial charge in [0.05, 0.1) is 17.0 Å². The first-order valence-corrected chi connectivity index (χ1v) is 7.20. The van der Waals surface area contributed by atoms with E-state index in [0.29, 0.717) is 12.6 Å². The van der Waals surface area contributed by atoms with Gasteiger partial charge in [-0.25, -0.2) is 0 Å². The molecule has 1 fully saturated rings. The van der Waals surface area contributed by atoms with Crippen LogP contribution in [0.2, 0.25) is 4.34 Å². The van der Waals surface area contributed by atoms with E-state index in [1.54, 1.807) is 11.3 Å². The number of nitrogens with two attached hydrogens (primary N) is 1. The average Bonchev–Trinajstić information content (AvgIpc) is 3.02. The largest absolute Gasteiger partial charge is 0.395 e. The normalized spacial score (nSPS) is 19.6. The van der Waals surface area contributed by atoms with Crippen molar-refractivity contribution in [3.63, 3.8) is 0 Å². The number of hydrogen-bond donors (Lipinski definition) is 2. The molecule has 1 saturated carbocycles. The topological polar surface area (TPSA) is 49.5 Å². The molecule has 1 aliphatic rings. The number of halogens is 1. The Morgan fingerprint density at radius 1 is 1.59 bits per heavy atom. The van der Waals surface area contributed by atoms with Crippen LogP contribution in [0.15, 0.2) is 12.1 Å². The van der Waals surface area contributed by atoms with E-state index in [1.165, 1.54) is 17.7 Å². The van der Waals surface area contributed by atoms with Crippen LogP contribution >= 0.6 is 22.9 Å². The van der Waals surface area contributed by atoms with Gasteiger partial charge >= 0.3 is 0 Å². The predicted octanol–water partition coefficient (Wildman–Crippen LogP) is 2.25. The molecular formula is C12H19ClN2OS. The van der Waals surface area contributed by atoms with E-state index >= 15 is 0 Å². The van der Waals surface area contributed by atoms with Gasteiger partial charge in [0.2, 0.25) is 0 Å². The molecule has 3 N–H and O–H groups in total. The average molecular weight is 275 g/mol. The van der Waals surface area contributed by atoms with Gasteiger partial charge in [-0.15, -0.1) is 11.3 Å². The number of aliphatic hydroxyl groups is 1. The number of thiophene rings is 1. The van der Waals surface area contributed by atoms with Gasteiger partial charge < -0.3 is 10.8 Å². The molecule has 2 unspecified atom stereocenters. The van der Waals surface area contributed by atoms with Crippen LogP contribution in [0, 0.1) is 0 Å². The van der Waals surface area contributed by atoms with Gasteiger partial charge in [-0.05, 0) is 31.9 Å². The van der Waals surface area contributed by atoms with Crippen molar-refractivity contribution in [2.75, 3.05) is 13.2 Å². The third-order valence-corrected chi connectivity index (χ3v) is 4.42. The number of aliphatic hydroxyl groups excluding tert-OH is 1. The molecule has 0 spiro atoms. The van der Waals surface area contributed by atoms with Crippen molar-refractivity contribution in [1.82, 2.24) is 4.90 Å². The SMILES string of the molecule is CC(N)C(c1ccc(Cl)s1)N(CCO)C1CC1. The van der Waals surface area contributed by atoms with Gasteiger partial charge in [0, 0.05) is 23.5 Å². The highest BCUT2D eigenvalue weighted by Gasteiger charge is 2.36. The Kier molecular flexibility index (Phi) is 4.44. The molecule has 0 saturated heterocycles. The van der Waals surface area contributed by atoms with Crippen LogP contribution in [-0.4, -0.2) is 35.2 Å². The zero-order valence-corrected chi connectivity index (χ0v) is 11.5. The lowest BCUT2D eigenvalue weighted by Crippen LogP contribution is -2.41. The van der Waals surface area contributed by atoms with E-state index in [0.717, 1.165) is 4.34 Å². The van der Waals surface area contributed by atoms with Crippen LogP contribution in [0.1, 0.15) is 30.7 Å². The van der Waals surface area contributed by atoms with Crippen molar-refractivity contribution < 1.29 is 5.11 Å². The number of rotatable bonds is 6. The fourth-order valence-corrected chi connectivity index (χ4v) is 3.58. The molecule has 3 nitrogen and oxygen atoms in total. The fraction of sp³-hybridized carbons (Fsp3) is 0.667. The number of nitrogens with zero attached hydrogens (tertiary/aromatic N) is 1. The van der Waals surface area contributed by atoms with E-state index in [2.05, 4.69) is 4.90 Å². The Labute approximate surface area is 111 Å². The molecule has 0 amide bonds. The third-order valence-electron chi connectivity index (χ3n) is 3.11. The summed E-state index contributed by atoms with van der Waals surface area (Å²) in [4.78, 5) is 3.53. The minimum Gasteiger partial charge on any atom is -0.395 e. The summed E-state index contributed by atoms with van der Waals surface area (Å²) in [5.74, 6) is 0. The lowest BCUT2D eigenvalue weighted by Gasteiger charge is -2.33. The minimum absolute atomic E-state index is 0.0388. The van der Waals surface area contributed by atoms with Crippen LogP contribution in [-0.2, 0) is 0 Å². The first-order chi connectivity index (χ1) is 8.13. The second kappa shape index (κ2) is 5.67. The third kappa shape index (κ3) is 3.20. The summed E-state index contributed by atoms with van der Waals surface area (Å²) >= 11 is 7.58. The monoisotopic (exact) mass is 274 g/mol. The highest BCUT2D eigenvalue weighted by atomic mass is 35.5. The van der Waals surface area contributed by atoms with E-state index in [1.807, 2.05) is 19.1 Å². The smallest absolute Gasteiger partial charge is 0.0931 e. The van der Waals surface area contributed by atoms with Gasteiger partial charge in [-0.3, -0.25) is 4.90 Å². The molecule has 0 aliphatic heterocycles. The Morgan fingerprint density at radius 2 is 2.29 bits per heavy atom. The molecule has 5 heteroatoms. The lowest BCUT2D eigenvalue weighted by molar-refractivity contribution is 0.131. The maximum atomic E-state index is 9.19. The summed E-state index contributed by atoms with van der Waals surface area (Å²) in [7, 11) is 0. The molecule has 1 aromatic rings.